The minimum Gasteiger partial charge on any atom is -0.508 e. The third-order valence-corrected chi connectivity index (χ3v) is 4.15. The number of hydrogen-bond acceptors (Lipinski definition) is 4. The van der Waals surface area contributed by atoms with E-state index in [1.807, 2.05) is 0 Å². The number of para-hydroxylation sites is 1. The number of nitrogens with zero attached hydrogens (tertiary/aromatic N) is 1. The number of rotatable bonds is 3. The highest BCUT2D eigenvalue weighted by molar-refractivity contribution is 6.39. The molecule has 7 heteroatoms. The first kappa shape index (κ1) is 15.6. The lowest BCUT2D eigenvalue weighted by atomic mass is 10.2. The lowest BCUT2D eigenvalue weighted by Crippen LogP contribution is -2.34. The number of hydrogen-bond donors (Lipinski definition) is 2. The number of imide groups is 1. The van der Waals surface area contributed by atoms with Gasteiger partial charge in [-0.25, -0.2) is 4.90 Å². The molecule has 1 fully saturated rings. The van der Waals surface area contributed by atoms with Crippen molar-refractivity contribution in [2.24, 2.45) is 0 Å². The molecule has 2 amide bonds. The summed E-state index contributed by atoms with van der Waals surface area (Å²) in [7, 11) is 0. The predicted octanol–water partition coefficient (Wildman–Crippen LogP) is 3.44. The highest BCUT2D eigenvalue weighted by atomic mass is 35.5. The van der Waals surface area contributed by atoms with E-state index in [1.165, 1.54) is 12.1 Å². The SMILES string of the molecule is O=C1CC(Nc2c(Cl)cccc2Cl)C(=O)N1c1cccc(O)c1. The molecule has 2 aromatic carbocycles. The highest BCUT2D eigenvalue weighted by Gasteiger charge is 2.40. The Labute approximate surface area is 142 Å². The van der Waals surface area contributed by atoms with Crippen LogP contribution in [0, 0.1) is 0 Å². The molecule has 0 spiro atoms. The molecule has 0 aliphatic carbocycles. The zero-order valence-corrected chi connectivity index (χ0v) is 13.3. The fourth-order valence-electron chi connectivity index (χ4n) is 2.46. The van der Waals surface area contributed by atoms with Gasteiger partial charge >= 0.3 is 0 Å². The van der Waals surface area contributed by atoms with Crippen molar-refractivity contribution in [3.05, 3.63) is 52.5 Å². The number of aromatic hydroxyl groups is 1. The molecule has 3 rings (SSSR count). The molecule has 0 bridgehead atoms. The van der Waals surface area contributed by atoms with Crippen LogP contribution >= 0.6 is 23.2 Å². The fourth-order valence-corrected chi connectivity index (χ4v) is 2.96. The van der Waals surface area contributed by atoms with Gasteiger partial charge in [-0.2, -0.15) is 0 Å². The molecular weight excluding hydrogens is 339 g/mol. The van der Waals surface area contributed by atoms with E-state index in [0.29, 0.717) is 21.4 Å². The first-order valence-corrected chi connectivity index (χ1v) is 7.59. The standard InChI is InChI=1S/C16H12Cl2N2O3/c17-11-5-2-6-12(18)15(11)19-13-8-14(22)20(16(13)23)9-3-1-4-10(21)7-9/h1-7,13,19,21H,8H2. The van der Waals surface area contributed by atoms with Crippen molar-refractivity contribution in [1.29, 1.82) is 0 Å². The van der Waals surface area contributed by atoms with Crippen molar-refractivity contribution in [2.45, 2.75) is 12.5 Å². The quantitative estimate of drug-likeness (QED) is 0.832. The largest absolute Gasteiger partial charge is 0.508 e. The van der Waals surface area contributed by atoms with Crippen molar-refractivity contribution in [2.75, 3.05) is 10.2 Å². The Balaban J connectivity index is 1.87. The normalized spacial score (nSPS) is 17.7. The first-order chi connectivity index (χ1) is 11.0. The van der Waals surface area contributed by atoms with Gasteiger partial charge in [-0.3, -0.25) is 9.59 Å². The smallest absolute Gasteiger partial charge is 0.256 e. The van der Waals surface area contributed by atoms with Gasteiger partial charge in [0.1, 0.15) is 11.8 Å². The average molecular weight is 351 g/mol. The van der Waals surface area contributed by atoms with Gasteiger partial charge in [0.15, 0.2) is 0 Å². The van der Waals surface area contributed by atoms with Crippen LogP contribution in [0.1, 0.15) is 6.42 Å². The number of halogens is 2. The van der Waals surface area contributed by atoms with E-state index in [4.69, 9.17) is 23.2 Å². The molecule has 1 aliphatic rings. The molecule has 0 radical (unpaired) electrons. The first-order valence-electron chi connectivity index (χ1n) is 6.84. The summed E-state index contributed by atoms with van der Waals surface area (Å²) in [6, 6.07) is 10.2. The molecule has 2 aromatic rings. The van der Waals surface area contributed by atoms with Gasteiger partial charge in [0.25, 0.3) is 5.91 Å². The van der Waals surface area contributed by atoms with Crippen LogP contribution < -0.4 is 10.2 Å². The third kappa shape index (κ3) is 2.98. The van der Waals surface area contributed by atoms with E-state index in [0.717, 1.165) is 4.90 Å². The van der Waals surface area contributed by atoms with Gasteiger partial charge in [-0.15, -0.1) is 0 Å². The van der Waals surface area contributed by atoms with Crippen molar-refractivity contribution in [3.8, 4) is 5.75 Å². The Morgan fingerprint density at radius 1 is 1.09 bits per heavy atom. The van der Waals surface area contributed by atoms with Crippen LogP contribution in [0.25, 0.3) is 0 Å². The molecule has 1 atom stereocenters. The van der Waals surface area contributed by atoms with Crippen molar-refractivity contribution in [1.82, 2.24) is 0 Å². The summed E-state index contributed by atoms with van der Waals surface area (Å²) in [6.45, 7) is 0. The fraction of sp³-hybridized carbons (Fsp3) is 0.125. The number of nitrogens with one attached hydrogen (secondary N) is 1. The average Bonchev–Trinajstić information content (AvgIpc) is 2.77. The number of carbonyl (C=O) groups is 2. The van der Waals surface area contributed by atoms with E-state index in [1.54, 1.807) is 30.3 Å². The van der Waals surface area contributed by atoms with Crippen molar-refractivity contribution < 1.29 is 14.7 Å². The van der Waals surface area contributed by atoms with Crippen LogP contribution in [0.4, 0.5) is 11.4 Å². The number of benzene rings is 2. The van der Waals surface area contributed by atoms with Gasteiger partial charge in [-0.05, 0) is 24.3 Å². The summed E-state index contributed by atoms with van der Waals surface area (Å²) in [5.41, 5.74) is 0.745. The molecule has 5 nitrogen and oxygen atoms in total. The summed E-state index contributed by atoms with van der Waals surface area (Å²) in [5, 5.41) is 13.2. The van der Waals surface area contributed by atoms with Crippen molar-refractivity contribution >= 4 is 46.4 Å². The van der Waals surface area contributed by atoms with Crippen LogP contribution in [-0.4, -0.2) is 23.0 Å². The molecule has 0 saturated carbocycles. The monoisotopic (exact) mass is 350 g/mol. The number of carbonyl (C=O) groups excluding carboxylic acids is 2. The molecule has 2 N–H and O–H groups in total. The van der Waals surface area contributed by atoms with E-state index in [9.17, 15) is 14.7 Å². The van der Waals surface area contributed by atoms with Crippen LogP contribution in [0.15, 0.2) is 42.5 Å². The third-order valence-electron chi connectivity index (χ3n) is 3.52. The minimum atomic E-state index is -0.762. The molecule has 1 aliphatic heterocycles. The van der Waals surface area contributed by atoms with Crippen LogP contribution in [0.5, 0.6) is 5.75 Å². The van der Waals surface area contributed by atoms with Crippen LogP contribution in [0.3, 0.4) is 0 Å². The number of phenolic OH excluding ortho intramolecular Hbond substituents is 1. The maximum absolute atomic E-state index is 12.5. The second-order valence-electron chi connectivity index (χ2n) is 5.08. The molecular formula is C16H12Cl2N2O3. The van der Waals surface area contributed by atoms with Crippen LogP contribution in [0.2, 0.25) is 10.0 Å². The zero-order chi connectivity index (χ0) is 16.6. The Hall–Kier alpha value is -2.24. The molecule has 23 heavy (non-hydrogen) atoms. The van der Waals surface area contributed by atoms with Crippen molar-refractivity contribution in [3.63, 3.8) is 0 Å². The predicted molar refractivity (Wildman–Crippen MR) is 89.1 cm³/mol. The van der Waals surface area contributed by atoms with Crippen LogP contribution in [-0.2, 0) is 9.59 Å². The summed E-state index contributed by atoms with van der Waals surface area (Å²) in [6.07, 6.45) is -0.0178. The number of amides is 2. The second-order valence-corrected chi connectivity index (χ2v) is 5.90. The second kappa shape index (κ2) is 6.10. The Morgan fingerprint density at radius 3 is 2.39 bits per heavy atom. The molecule has 1 heterocycles. The van der Waals surface area contributed by atoms with Gasteiger partial charge in [-0.1, -0.05) is 35.3 Å². The zero-order valence-electron chi connectivity index (χ0n) is 11.8. The summed E-state index contributed by atoms with van der Waals surface area (Å²) in [5.74, 6) is -0.800. The van der Waals surface area contributed by atoms with E-state index in [2.05, 4.69) is 5.32 Å². The van der Waals surface area contributed by atoms with E-state index < -0.39 is 11.9 Å². The Morgan fingerprint density at radius 2 is 1.74 bits per heavy atom. The van der Waals surface area contributed by atoms with E-state index in [-0.39, 0.29) is 18.1 Å². The summed E-state index contributed by atoms with van der Waals surface area (Å²) < 4.78 is 0. The highest BCUT2D eigenvalue weighted by Crippen LogP contribution is 2.33. The molecule has 1 unspecified atom stereocenters. The summed E-state index contributed by atoms with van der Waals surface area (Å²) in [4.78, 5) is 25.8. The minimum absolute atomic E-state index is 0.0178. The maximum Gasteiger partial charge on any atom is 0.256 e. The molecule has 0 aromatic heterocycles. The number of anilines is 2. The molecule has 1 saturated heterocycles. The lowest BCUT2D eigenvalue weighted by Gasteiger charge is -2.17. The van der Waals surface area contributed by atoms with Gasteiger partial charge < -0.3 is 10.4 Å². The maximum atomic E-state index is 12.5. The molecule has 118 valence electrons. The number of phenols is 1. The van der Waals surface area contributed by atoms with Gasteiger partial charge in [0.05, 0.1) is 27.8 Å². The Kier molecular flexibility index (Phi) is 4.15. The van der Waals surface area contributed by atoms with Gasteiger partial charge in [0.2, 0.25) is 5.91 Å². The van der Waals surface area contributed by atoms with Gasteiger partial charge in [0, 0.05) is 6.07 Å². The topological polar surface area (TPSA) is 69.6 Å². The summed E-state index contributed by atoms with van der Waals surface area (Å²) >= 11 is 12.2. The van der Waals surface area contributed by atoms with E-state index >= 15 is 0 Å². The Bertz CT molecular complexity index is 774. The lowest BCUT2D eigenvalue weighted by molar-refractivity contribution is -0.121.